The lowest BCUT2D eigenvalue weighted by Crippen LogP contribution is -2.16. The number of hydrogen-bond acceptors (Lipinski definition) is 3. The van der Waals surface area contributed by atoms with Crippen LogP contribution in [0.25, 0.3) is 78.7 Å². The first-order chi connectivity index (χ1) is 31.4. The van der Waals surface area contributed by atoms with E-state index in [0.29, 0.717) is 12.0 Å². The molecule has 8 aromatic rings. The molecule has 0 N–H and O–H groups in total. The van der Waals surface area contributed by atoms with E-state index in [2.05, 4.69) is 83.4 Å². The van der Waals surface area contributed by atoms with Gasteiger partial charge in [0, 0.05) is 22.1 Å². The summed E-state index contributed by atoms with van der Waals surface area (Å²) in [5.74, 6) is -1.41. The first-order valence-corrected chi connectivity index (χ1v) is 17.4. The van der Waals surface area contributed by atoms with Crippen molar-refractivity contribution >= 4 is 0 Å². The molecule has 0 spiro atoms. The molecular formula is C50H37N3. The minimum Gasteiger partial charge on any atom is -0.208 e. The van der Waals surface area contributed by atoms with Gasteiger partial charge in [-0.3, -0.25) is 0 Å². The van der Waals surface area contributed by atoms with Gasteiger partial charge in [-0.2, -0.15) is 0 Å². The van der Waals surface area contributed by atoms with Gasteiger partial charge >= 0.3 is 0 Å². The van der Waals surface area contributed by atoms with Gasteiger partial charge in [-0.1, -0.05) is 165 Å². The van der Waals surface area contributed by atoms with Gasteiger partial charge in [-0.25, -0.2) is 15.0 Å². The van der Waals surface area contributed by atoms with Crippen LogP contribution in [0.3, 0.4) is 0 Å². The average Bonchev–Trinajstić information content (AvgIpc) is 3.81. The summed E-state index contributed by atoms with van der Waals surface area (Å²) < 4.78 is 114. The molecule has 0 saturated carbocycles. The zero-order valence-corrected chi connectivity index (χ0v) is 29.1. The number of aromatic nitrogens is 3. The Morgan fingerprint density at radius 1 is 0.472 bits per heavy atom. The molecule has 0 unspecified atom stereocenters. The van der Waals surface area contributed by atoms with E-state index < -0.39 is 83.5 Å². The van der Waals surface area contributed by atoms with E-state index in [-0.39, 0.29) is 45.8 Å². The summed E-state index contributed by atoms with van der Waals surface area (Å²) in [6, 6.07) is 19.5. The molecule has 3 heteroatoms. The van der Waals surface area contributed by atoms with Gasteiger partial charge in [-0.05, 0) is 92.2 Å². The molecule has 0 radical (unpaired) electrons. The van der Waals surface area contributed by atoms with Gasteiger partial charge in [0.15, 0.2) is 17.5 Å². The van der Waals surface area contributed by atoms with Crippen LogP contribution in [0.1, 0.15) is 59.5 Å². The van der Waals surface area contributed by atoms with Gasteiger partial charge in [0.1, 0.15) is 0 Å². The molecule has 0 bridgehead atoms. The fraction of sp³-hybridized carbons (Fsp3) is 0.100. The second-order valence-corrected chi connectivity index (χ2v) is 13.8. The summed E-state index contributed by atoms with van der Waals surface area (Å²) >= 11 is 0. The largest absolute Gasteiger partial charge is 0.208 e. The summed E-state index contributed by atoms with van der Waals surface area (Å²) in [7, 11) is 0. The maximum absolute atomic E-state index is 9.79. The first-order valence-electron chi connectivity index (χ1n) is 23.9. The molecule has 252 valence electrons. The Balaban J connectivity index is 1.19. The third-order valence-corrected chi connectivity index (χ3v) is 10.3. The van der Waals surface area contributed by atoms with Crippen molar-refractivity contribution in [3.8, 4) is 78.7 Å². The number of benzene rings is 7. The summed E-state index contributed by atoms with van der Waals surface area (Å²) in [5.41, 5.74) is 9.90. The van der Waals surface area contributed by atoms with E-state index in [1.807, 2.05) is 18.2 Å². The molecule has 7 aromatic carbocycles. The quantitative estimate of drug-likeness (QED) is 0.180. The normalized spacial score (nSPS) is 16.7. The van der Waals surface area contributed by atoms with E-state index in [9.17, 15) is 4.11 Å². The molecule has 0 fully saturated rings. The molecule has 2 aliphatic rings. The smallest absolute Gasteiger partial charge is 0.164 e. The Morgan fingerprint density at radius 3 is 1.68 bits per heavy atom. The minimum absolute atomic E-state index is 0.0194. The average molecular weight is 693 g/mol. The van der Waals surface area contributed by atoms with Crippen LogP contribution in [0.2, 0.25) is 0 Å². The Morgan fingerprint density at radius 2 is 0.962 bits per heavy atom. The lowest BCUT2D eigenvalue weighted by Gasteiger charge is -2.25. The Kier molecular flexibility index (Phi) is 4.68. The van der Waals surface area contributed by atoms with Crippen LogP contribution in [0.15, 0.2) is 157 Å². The lowest BCUT2D eigenvalue weighted by molar-refractivity contribution is 0.662. The number of fused-ring (bicyclic) bond motifs is 6. The van der Waals surface area contributed by atoms with E-state index >= 15 is 0 Å². The zero-order chi connectivity index (χ0) is 47.0. The van der Waals surface area contributed by atoms with Crippen LogP contribution in [0, 0.1) is 6.92 Å². The molecule has 2 aliphatic carbocycles. The second kappa shape index (κ2) is 12.1. The van der Waals surface area contributed by atoms with E-state index in [1.54, 1.807) is 6.07 Å². The fourth-order valence-electron chi connectivity index (χ4n) is 8.01. The Bertz CT molecular complexity index is 3350. The number of nitrogens with zero attached hydrogens (tertiary/aromatic N) is 3. The summed E-state index contributed by atoms with van der Waals surface area (Å²) in [6.45, 7) is 5.91. The van der Waals surface area contributed by atoms with Crippen molar-refractivity contribution in [3.63, 3.8) is 0 Å². The van der Waals surface area contributed by atoms with Crippen molar-refractivity contribution in [2.24, 2.45) is 0 Å². The zero-order valence-electron chi connectivity index (χ0n) is 42.1. The van der Waals surface area contributed by atoms with E-state index in [0.717, 1.165) is 33.4 Å². The third kappa shape index (κ3) is 5.07. The van der Waals surface area contributed by atoms with Crippen molar-refractivity contribution in [2.45, 2.75) is 32.6 Å². The van der Waals surface area contributed by atoms with Crippen LogP contribution in [-0.2, 0) is 11.8 Å². The molecule has 0 saturated heterocycles. The van der Waals surface area contributed by atoms with Crippen molar-refractivity contribution in [3.05, 3.63) is 185 Å². The highest BCUT2D eigenvalue weighted by Gasteiger charge is 2.38. The highest BCUT2D eigenvalue weighted by Crippen LogP contribution is 2.54. The van der Waals surface area contributed by atoms with Crippen LogP contribution >= 0.6 is 0 Å². The van der Waals surface area contributed by atoms with Gasteiger partial charge in [0.25, 0.3) is 0 Å². The predicted octanol–water partition coefficient (Wildman–Crippen LogP) is 12.4. The SMILES string of the molecule is [2H]c1c([2H])c([2H])c(-c2nc(-c3c([2H])c([2H])c([2H])c(C)c3[2H])nc(-c3c([2H])c([2H])c([2H])c(-c4cccc5c4Cc4c-5cccc4-c4cccc5c4C(C)(C)c4ccccc4-5)c3[2H])n2)c([2H])c1[2H]. The molecule has 3 nitrogen and oxygen atoms in total. The van der Waals surface area contributed by atoms with Gasteiger partial charge in [0.05, 0.1) is 17.8 Å². The summed E-state index contributed by atoms with van der Waals surface area (Å²) in [6.07, 6.45) is 0.424. The molecule has 1 aromatic heterocycles. The maximum Gasteiger partial charge on any atom is 0.164 e. The fourth-order valence-corrected chi connectivity index (χ4v) is 8.01. The predicted molar refractivity (Wildman–Crippen MR) is 218 cm³/mol. The second-order valence-electron chi connectivity index (χ2n) is 13.8. The summed E-state index contributed by atoms with van der Waals surface area (Å²) in [4.78, 5) is 13.5. The Labute approximate surface area is 329 Å². The number of rotatable bonds is 5. The van der Waals surface area contributed by atoms with Crippen molar-refractivity contribution in [1.82, 2.24) is 15.0 Å². The standard InChI is InChI=1S/C50H37N3/c1-31-14-9-18-34(28-31)48-51-47(32-15-5-4-6-16-32)52-49(53-48)35-19-10-17-33(29-35)36-21-11-22-37-38-23-12-24-39(44(38)30-43(36)37)41-25-13-26-42-40-20-7-8-27-45(40)50(2,3)46(41)42/h4-29H,30H2,1-3H3/i4D,5D,6D,9D,10D,14D,15D,16D,17D,18D,19D,28D,29D. The molecule has 0 atom stereocenters. The van der Waals surface area contributed by atoms with Crippen molar-refractivity contribution in [2.75, 3.05) is 0 Å². The van der Waals surface area contributed by atoms with Gasteiger partial charge in [-0.15, -0.1) is 0 Å². The first kappa shape index (κ1) is 20.6. The third-order valence-electron chi connectivity index (χ3n) is 10.3. The van der Waals surface area contributed by atoms with Crippen LogP contribution in [0.5, 0.6) is 0 Å². The number of hydrogen-bond donors (Lipinski definition) is 0. The molecule has 0 aliphatic heterocycles. The molecular weight excluding hydrogens is 643 g/mol. The van der Waals surface area contributed by atoms with Gasteiger partial charge < -0.3 is 0 Å². The highest BCUT2D eigenvalue weighted by molar-refractivity contribution is 5.94. The molecule has 53 heavy (non-hydrogen) atoms. The molecule has 1 heterocycles. The topological polar surface area (TPSA) is 38.7 Å². The highest BCUT2D eigenvalue weighted by atomic mass is 15.0. The van der Waals surface area contributed by atoms with E-state index in [1.165, 1.54) is 29.2 Å². The van der Waals surface area contributed by atoms with Gasteiger partial charge in [0.2, 0.25) is 0 Å². The van der Waals surface area contributed by atoms with Crippen LogP contribution < -0.4 is 0 Å². The molecule has 10 rings (SSSR count). The van der Waals surface area contributed by atoms with Crippen molar-refractivity contribution in [1.29, 1.82) is 0 Å². The van der Waals surface area contributed by atoms with Crippen LogP contribution in [0.4, 0.5) is 0 Å². The molecule has 0 amide bonds. The maximum atomic E-state index is 9.79. The van der Waals surface area contributed by atoms with Crippen LogP contribution in [-0.4, -0.2) is 15.0 Å². The monoisotopic (exact) mass is 692 g/mol. The van der Waals surface area contributed by atoms with E-state index in [4.69, 9.17) is 13.7 Å². The summed E-state index contributed by atoms with van der Waals surface area (Å²) in [5, 5.41) is 0. The Hall–Kier alpha value is -6.45. The lowest BCUT2D eigenvalue weighted by atomic mass is 9.78. The van der Waals surface area contributed by atoms with Crippen molar-refractivity contribution < 1.29 is 17.8 Å². The minimum atomic E-state index is -0.691.